The number of benzene rings is 2. The fourth-order valence-corrected chi connectivity index (χ4v) is 2.50. The van der Waals surface area contributed by atoms with Crippen molar-refractivity contribution < 1.29 is 19.4 Å². The van der Waals surface area contributed by atoms with Crippen molar-refractivity contribution in [2.24, 2.45) is 0 Å². The van der Waals surface area contributed by atoms with Crippen LogP contribution in [-0.4, -0.2) is 24.3 Å². The smallest absolute Gasteiger partial charge is 0.303 e. The molecule has 0 unspecified atom stereocenters. The largest absolute Gasteiger partial charge is 0.490 e. The lowest BCUT2D eigenvalue weighted by Crippen LogP contribution is -2.10. The summed E-state index contributed by atoms with van der Waals surface area (Å²) in [6, 6.07) is 11.7. The second-order valence-electron chi connectivity index (χ2n) is 5.94. The molecule has 0 saturated carbocycles. The quantitative estimate of drug-likeness (QED) is 0.742. The molecule has 0 aliphatic carbocycles. The van der Waals surface area contributed by atoms with Crippen LogP contribution >= 0.6 is 0 Å². The van der Waals surface area contributed by atoms with Gasteiger partial charge in [-0.1, -0.05) is 18.2 Å². The first-order valence-corrected chi connectivity index (χ1v) is 8.10. The molecule has 0 heterocycles. The average Bonchev–Trinajstić information content (AvgIpc) is 2.54. The monoisotopic (exact) mass is 328 g/mol. The summed E-state index contributed by atoms with van der Waals surface area (Å²) in [7, 11) is 0. The first-order chi connectivity index (χ1) is 11.5. The van der Waals surface area contributed by atoms with Crippen molar-refractivity contribution in [1.29, 1.82) is 0 Å². The van der Waals surface area contributed by atoms with E-state index in [2.05, 4.69) is 26.8 Å². The maximum Gasteiger partial charge on any atom is 0.303 e. The van der Waals surface area contributed by atoms with E-state index >= 15 is 0 Å². The zero-order valence-electron chi connectivity index (χ0n) is 14.5. The van der Waals surface area contributed by atoms with E-state index < -0.39 is 5.97 Å². The number of carboxylic acid groups (broad SMARTS) is 1. The Morgan fingerprint density at radius 1 is 1.04 bits per heavy atom. The van der Waals surface area contributed by atoms with E-state index in [-0.39, 0.29) is 6.42 Å². The van der Waals surface area contributed by atoms with Crippen LogP contribution < -0.4 is 9.47 Å². The Hall–Kier alpha value is -2.49. The van der Waals surface area contributed by atoms with E-state index in [0.717, 1.165) is 22.6 Å². The number of rotatable bonds is 8. The number of aryl methyl sites for hydroxylation is 3. The average molecular weight is 328 g/mol. The number of carbonyl (C=O) groups is 1. The molecule has 0 saturated heterocycles. The van der Waals surface area contributed by atoms with Gasteiger partial charge in [-0.25, -0.2) is 0 Å². The van der Waals surface area contributed by atoms with E-state index in [1.54, 1.807) is 0 Å². The van der Waals surface area contributed by atoms with Crippen LogP contribution in [0.2, 0.25) is 0 Å². The Balaban J connectivity index is 1.84. The molecule has 2 aromatic rings. The van der Waals surface area contributed by atoms with Gasteiger partial charge in [0.1, 0.15) is 24.7 Å². The molecular formula is C20H24O4. The minimum atomic E-state index is -0.793. The van der Waals surface area contributed by atoms with Gasteiger partial charge in [0, 0.05) is 6.42 Å². The molecule has 1 N–H and O–H groups in total. The van der Waals surface area contributed by atoms with Gasteiger partial charge in [0.2, 0.25) is 0 Å². The third-order valence-electron chi connectivity index (χ3n) is 3.90. The Labute approximate surface area is 143 Å². The second-order valence-corrected chi connectivity index (χ2v) is 5.94. The molecule has 0 atom stereocenters. The lowest BCUT2D eigenvalue weighted by molar-refractivity contribution is -0.136. The maximum atomic E-state index is 10.6. The van der Waals surface area contributed by atoms with Gasteiger partial charge in [-0.3, -0.25) is 4.79 Å². The molecule has 4 heteroatoms. The third kappa shape index (κ3) is 5.30. The van der Waals surface area contributed by atoms with Crippen LogP contribution in [0.4, 0.5) is 0 Å². The summed E-state index contributed by atoms with van der Waals surface area (Å²) >= 11 is 0. The predicted molar refractivity (Wildman–Crippen MR) is 94.0 cm³/mol. The Morgan fingerprint density at radius 2 is 1.79 bits per heavy atom. The van der Waals surface area contributed by atoms with Crippen molar-refractivity contribution in [3.63, 3.8) is 0 Å². The van der Waals surface area contributed by atoms with E-state index in [1.165, 1.54) is 11.1 Å². The molecule has 0 spiro atoms. The number of hydrogen-bond donors (Lipinski definition) is 1. The zero-order valence-corrected chi connectivity index (χ0v) is 14.5. The molecule has 0 bridgehead atoms. The SMILES string of the molecule is Cc1cc(C)c(C)c(OCCOc2cccc(CCC(=O)O)c2)c1. The minimum absolute atomic E-state index is 0.124. The molecule has 128 valence electrons. The fraction of sp³-hybridized carbons (Fsp3) is 0.350. The highest BCUT2D eigenvalue weighted by Gasteiger charge is 2.05. The van der Waals surface area contributed by atoms with E-state index in [0.29, 0.717) is 19.6 Å². The normalized spacial score (nSPS) is 10.5. The van der Waals surface area contributed by atoms with Gasteiger partial charge in [-0.2, -0.15) is 0 Å². The van der Waals surface area contributed by atoms with E-state index in [1.807, 2.05) is 30.3 Å². The topological polar surface area (TPSA) is 55.8 Å². The Morgan fingerprint density at radius 3 is 2.54 bits per heavy atom. The Bertz CT molecular complexity index is 707. The number of ether oxygens (including phenoxy) is 2. The number of hydrogen-bond acceptors (Lipinski definition) is 3. The summed E-state index contributed by atoms with van der Waals surface area (Å²) in [5, 5.41) is 8.74. The zero-order chi connectivity index (χ0) is 17.5. The van der Waals surface area contributed by atoms with Crippen molar-refractivity contribution in [2.45, 2.75) is 33.6 Å². The van der Waals surface area contributed by atoms with Gasteiger partial charge in [0.05, 0.1) is 0 Å². The first-order valence-electron chi connectivity index (χ1n) is 8.10. The first kappa shape index (κ1) is 17.9. The van der Waals surface area contributed by atoms with Crippen molar-refractivity contribution in [3.05, 3.63) is 58.7 Å². The van der Waals surface area contributed by atoms with Gasteiger partial charge in [0.15, 0.2) is 0 Å². The van der Waals surface area contributed by atoms with E-state index in [9.17, 15) is 4.79 Å². The van der Waals surface area contributed by atoms with Crippen LogP contribution in [0, 0.1) is 20.8 Å². The molecule has 0 aromatic heterocycles. The lowest BCUT2D eigenvalue weighted by atomic mass is 10.1. The van der Waals surface area contributed by atoms with Crippen molar-refractivity contribution in [1.82, 2.24) is 0 Å². The fourth-order valence-electron chi connectivity index (χ4n) is 2.50. The van der Waals surface area contributed by atoms with Gasteiger partial charge in [-0.15, -0.1) is 0 Å². The Kier molecular flexibility index (Phi) is 6.24. The molecule has 2 aromatic carbocycles. The van der Waals surface area contributed by atoms with Crippen molar-refractivity contribution >= 4 is 5.97 Å². The van der Waals surface area contributed by atoms with Gasteiger partial charge in [0.25, 0.3) is 0 Å². The second kappa shape index (κ2) is 8.39. The van der Waals surface area contributed by atoms with Crippen LogP contribution in [0.25, 0.3) is 0 Å². The van der Waals surface area contributed by atoms with Crippen LogP contribution in [0.5, 0.6) is 11.5 Å². The summed E-state index contributed by atoms with van der Waals surface area (Å²) in [5.41, 5.74) is 4.51. The maximum absolute atomic E-state index is 10.6. The molecule has 24 heavy (non-hydrogen) atoms. The molecule has 0 aliphatic rings. The van der Waals surface area contributed by atoms with Gasteiger partial charge >= 0.3 is 5.97 Å². The summed E-state index contributed by atoms with van der Waals surface area (Å²) in [4.78, 5) is 10.6. The summed E-state index contributed by atoms with van der Waals surface area (Å²) in [5.74, 6) is 0.837. The molecule has 4 nitrogen and oxygen atoms in total. The van der Waals surface area contributed by atoms with Crippen molar-refractivity contribution in [3.8, 4) is 11.5 Å². The van der Waals surface area contributed by atoms with E-state index in [4.69, 9.17) is 14.6 Å². The summed E-state index contributed by atoms with van der Waals surface area (Å²) in [6.45, 7) is 7.08. The molecule has 0 radical (unpaired) electrons. The van der Waals surface area contributed by atoms with Crippen molar-refractivity contribution in [2.75, 3.05) is 13.2 Å². The summed E-state index contributed by atoms with van der Waals surface area (Å²) in [6.07, 6.45) is 0.628. The third-order valence-corrected chi connectivity index (χ3v) is 3.90. The van der Waals surface area contributed by atoms with Crippen LogP contribution in [0.3, 0.4) is 0 Å². The van der Waals surface area contributed by atoms with Crippen LogP contribution in [-0.2, 0) is 11.2 Å². The molecule has 0 aliphatic heterocycles. The highest BCUT2D eigenvalue weighted by Crippen LogP contribution is 2.23. The predicted octanol–water partition coefficient (Wildman–Crippen LogP) is 4.09. The molecular weight excluding hydrogens is 304 g/mol. The highest BCUT2D eigenvalue weighted by atomic mass is 16.5. The molecule has 0 fully saturated rings. The van der Waals surface area contributed by atoms with Gasteiger partial charge < -0.3 is 14.6 Å². The van der Waals surface area contributed by atoms with Crippen LogP contribution in [0.15, 0.2) is 36.4 Å². The highest BCUT2D eigenvalue weighted by molar-refractivity contribution is 5.67. The summed E-state index contributed by atoms with van der Waals surface area (Å²) < 4.78 is 11.5. The standard InChI is InChI=1S/C20H24O4/c1-14-11-15(2)16(3)19(12-14)24-10-9-23-18-6-4-5-17(13-18)7-8-20(21)22/h4-6,11-13H,7-10H2,1-3H3,(H,21,22). The lowest BCUT2D eigenvalue weighted by Gasteiger charge is -2.13. The van der Waals surface area contributed by atoms with Gasteiger partial charge in [-0.05, 0) is 67.6 Å². The number of aliphatic carboxylic acids is 1. The molecule has 2 rings (SSSR count). The molecule has 0 amide bonds. The van der Waals surface area contributed by atoms with Crippen LogP contribution in [0.1, 0.15) is 28.7 Å². The minimum Gasteiger partial charge on any atom is -0.490 e. The number of carboxylic acids is 1.